The lowest BCUT2D eigenvalue weighted by Crippen LogP contribution is -2.17. The molecule has 0 saturated heterocycles. The molecule has 0 atom stereocenters. The van der Waals surface area contributed by atoms with Crippen LogP contribution < -0.4 is 5.32 Å². The molecule has 0 aliphatic heterocycles. The van der Waals surface area contributed by atoms with E-state index in [1.165, 1.54) is 12.1 Å². The highest BCUT2D eigenvalue weighted by Gasteiger charge is 2.34. The first kappa shape index (κ1) is 17.5. The van der Waals surface area contributed by atoms with Gasteiger partial charge in [0.25, 0.3) is 0 Å². The minimum absolute atomic E-state index is 0.0260. The molecule has 122 valence electrons. The molecule has 1 N–H and O–H groups in total. The summed E-state index contributed by atoms with van der Waals surface area (Å²) in [5.41, 5.74) is -1.59. The van der Waals surface area contributed by atoms with Crippen molar-refractivity contribution in [2.24, 2.45) is 0 Å². The molecule has 1 heterocycles. The van der Waals surface area contributed by atoms with Gasteiger partial charge in [0.1, 0.15) is 16.1 Å². The van der Waals surface area contributed by atoms with Gasteiger partial charge in [0.05, 0.1) is 12.0 Å². The number of carbonyl (C=O) groups excluding carboxylic acids is 1. The molecule has 3 nitrogen and oxygen atoms in total. The maximum atomic E-state index is 13.8. The highest BCUT2D eigenvalue weighted by molar-refractivity contribution is 6.33. The number of hydrogen-bond donors (Lipinski definition) is 1. The molecule has 0 spiro atoms. The van der Waals surface area contributed by atoms with E-state index < -0.39 is 29.9 Å². The monoisotopic (exact) mass is 366 g/mol. The van der Waals surface area contributed by atoms with E-state index in [4.69, 9.17) is 23.2 Å². The lowest BCUT2D eigenvalue weighted by molar-refractivity contribution is -0.140. The zero-order valence-electron chi connectivity index (χ0n) is 11.2. The van der Waals surface area contributed by atoms with Crippen LogP contribution in [0.4, 0.5) is 23.2 Å². The SMILES string of the molecule is O=C(Cc1cccc(C(F)(F)F)c1F)Nc1cc(Cl)nc(Cl)c1. The van der Waals surface area contributed by atoms with Crippen LogP contribution >= 0.6 is 23.2 Å². The van der Waals surface area contributed by atoms with Gasteiger partial charge in [-0.15, -0.1) is 0 Å². The van der Waals surface area contributed by atoms with Gasteiger partial charge in [-0.25, -0.2) is 9.37 Å². The minimum atomic E-state index is -4.83. The molecule has 0 aliphatic rings. The number of carbonyl (C=O) groups is 1. The summed E-state index contributed by atoms with van der Waals surface area (Å²) in [6.07, 6.45) is -5.41. The van der Waals surface area contributed by atoms with Crippen LogP contribution in [0.25, 0.3) is 0 Å². The smallest absolute Gasteiger partial charge is 0.326 e. The van der Waals surface area contributed by atoms with Gasteiger partial charge in [0.2, 0.25) is 5.91 Å². The number of alkyl halides is 3. The molecule has 2 aromatic rings. The summed E-state index contributed by atoms with van der Waals surface area (Å²) in [5.74, 6) is -2.19. The summed E-state index contributed by atoms with van der Waals surface area (Å²) < 4.78 is 51.7. The molecule has 2 rings (SSSR count). The van der Waals surface area contributed by atoms with Crippen molar-refractivity contribution in [3.63, 3.8) is 0 Å². The summed E-state index contributed by atoms with van der Waals surface area (Å²) in [4.78, 5) is 15.5. The number of pyridine rings is 1. The van der Waals surface area contributed by atoms with E-state index in [1.54, 1.807) is 0 Å². The Morgan fingerprint density at radius 1 is 1.17 bits per heavy atom. The summed E-state index contributed by atoms with van der Waals surface area (Å²) in [6, 6.07) is 5.35. The summed E-state index contributed by atoms with van der Waals surface area (Å²) in [7, 11) is 0. The van der Waals surface area contributed by atoms with Gasteiger partial charge in [-0.05, 0) is 23.8 Å². The fourth-order valence-electron chi connectivity index (χ4n) is 1.85. The minimum Gasteiger partial charge on any atom is -0.326 e. The molecule has 0 unspecified atom stereocenters. The van der Waals surface area contributed by atoms with Gasteiger partial charge in [-0.3, -0.25) is 4.79 Å². The molecule has 23 heavy (non-hydrogen) atoms. The first-order valence-electron chi connectivity index (χ1n) is 6.14. The predicted molar refractivity (Wildman–Crippen MR) is 78.0 cm³/mol. The zero-order valence-corrected chi connectivity index (χ0v) is 12.7. The number of hydrogen-bond acceptors (Lipinski definition) is 2. The van der Waals surface area contributed by atoms with Crippen molar-refractivity contribution < 1.29 is 22.4 Å². The van der Waals surface area contributed by atoms with E-state index in [-0.39, 0.29) is 21.6 Å². The maximum Gasteiger partial charge on any atom is 0.419 e. The van der Waals surface area contributed by atoms with Gasteiger partial charge >= 0.3 is 6.18 Å². The number of nitrogens with zero attached hydrogens (tertiary/aromatic N) is 1. The third-order valence-electron chi connectivity index (χ3n) is 2.78. The Morgan fingerprint density at radius 2 is 1.78 bits per heavy atom. The van der Waals surface area contributed by atoms with Crippen LogP contribution in [0.15, 0.2) is 30.3 Å². The summed E-state index contributed by atoms with van der Waals surface area (Å²) in [6.45, 7) is 0. The van der Waals surface area contributed by atoms with Gasteiger partial charge in [0.15, 0.2) is 0 Å². The van der Waals surface area contributed by atoms with E-state index in [0.717, 1.165) is 12.1 Å². The Bertz CT molecular complexity index is 730. The van der Waals surface area contributed by atoms with Crippen molar-refractivity contribution in [2.75, 3.05) is 5.32 Å². The maximum absolute atomic E-state index is 13.8. The molecule has 0 saturated carbocycles. The molecule has 0 aliphatic carbocycles. The first-order valence-corrected chi connectivity index (χ1v) is 6.90. The number of benzene rings is 1. The average Bonchev–Trinajstić information content (AvgIpc) is 2.38. The van der Waals surface area contributed by atoms with Crippen LogP contribution in [0.3, 0.4) is 0 Å². The average molecular weight is 367 g/mol. The quantitative estimate of drug-likeness (QED) is 0.630. The van der Waals surface area contributed by atoms with E-state index >= 15 is 0 Å². The lowest BCUT2D eigenvalue weighted by atomic mass is 10.1. The molecule has 9 heteroatoms. The number of aromatic nitrogens is 1. The normalized spacial score (nSPS) is 11.4. The molecular weight excluding hydrogens is 359 g/mol. The lowest BCUT2D eigenvalue weighted by Gasteiger charge is -2.11. The molecule has 0 fully saturated rings. The Balaban J connectivity index is 2.18. The van der Waals surface area contributed by atoms with Crippen LogP contribution in [0.1, 0.15) is 11.1 Å². The highest BCUT2D eigenvalue weighted by atomic mass is 35.5. The Kier molecular flexibility index (Phi) is 5.11. The number of nitrogens with one attached hydrogen (secondary N) is 1. The largest absolute Gasteiger partial charge is 0.419 e. The predicted octanol–water partition coefficient (Wildman–Crippen LogP) is 4.73. The summed E-state index contributed by atoms with van der Waals surface area (Å²) >= 11 is 11.3. The van der Waals surface area contributed by atoms with Crippen molar-refractivity contribution in [3.05, 3.63) is 57.6 Å². The van der Waals surface area contributed by atoms with E-state index in [1.807, 2.05) is 0 Å². The van der Waals surface area contributed by atoms with Crippen molar-refractivity contribution >= 4 is 34.8 Å². The fourth-order valence-corrected chi connectivity index (χ4v) is 2.31. The number of rotatable bonds is 3. The van der Waals surface area contributed by atoms with Gasteiger partial charge in [-0.1, -0.05) is 35.3 Å². The molecule has 1 aromatic heterocycles. The Hall–Kier alpha value is -1.86. The van der Waals surface area contributed by atoms with Crippen molar-refractivity contribution in [3.8, 4) is 0 Å². The van der Waals surface area contributed by atoms with E-state index in [9.17, 15) is 22.4 Å². The number of amides is 1. The van der Waals surface area contributed by atoms with Crippen LogP contribution in [0.2, 0.25) is 10.3 Å². The summed E-state index contributed by atoms with van der Waals surface area (Å²) in [5, 5.41) is 2.41. The van der Waals surface area contributed by atoms with Crippen LogP contribution in [0, 0.1) is 5.82 Å². The number of halogens is 6. The highest BCUT2D eigenvalue weighted by Crippen LogP contribution is 2.32. The Morgan fingerprint density at radius 3 is 2.35 bits per heavy atom. The van der Waals surface area contributed by atoms with Crippen molar-refractivity contribution in [2.45, 2.75) is 12.6 Å². The topological polar surface area (TPSA) is 42.0 Å². The van der Waals surface area contributed by atoms with Crippen molar-refractivity contribution in [1.29, 1.82) is 0 Å². The third-order valence-corrected chi connectivity index (χ3v) is 3.17. The van der Waals surface area contributed by atoms with Gasteiger partial charge in [-0.2, -0.15) is 13.2 Å². The van der Waals surface area contributed by atoms with Crippen LogP contribution in [-0.4, -0.2) is 10.9 Å². The second-order valence-corrected chi connectivity index (χ2v) is 5.28. The molecular formula is C14H8Cl2F4N2O. The zero-order chi connectivity index (χ0) is 17.2. The fraction of sp³-hybridized carbons (Fsp3) is 0.143. The standard InChI is InChI=1S/C14H8Cl2F4N2O/c15-10-5-8(6-11(16)22-10)21-12(23)4-7-2-1-3-9(13(7)17)14(18,19)20/h1-3,5-6H,4H2,(H,21,22,23). The van der Waals surface area contributed by atoms with E-state index in [2.05, 4.69) is 10.3 Å². The molecule has 0 radical (unpaired) electrons. The Labute approximate surface area is 138 Å². The molecule has 1 aromatic carbocycles. The third kappa shape index (κ3) is 4.56. The van der Waals surface area contributed by atoms with Gasteiger partial charge in [0, 0.05) is 5.69 Å². The van der Waals surface area contributed by atoms with Crippen LogP contribution in [0.5, 0.6) is 0 Å². The molecule has 1 amide bonds. The van der Waals surface area contributed by atoms with Crippen LogP contribution in [-0.2, 0) is 17.4 Å². The molecule has 0 bridgehead atoms. The number of anilines is 1. The van der Waals surface area contributed by atoms with E-state index in [0.29, 0.717) is 6.07 Å². The first-order chi connectivity index (χ1) is 10.7. The second-order valence-electron chi connectivity index (χ2n) is 4.50. The van der Waals surface area contributed by atoms with Gasteiger partial charge < -0.3 is 5.32 Å². The van der Waals surface area contributed by atoms with Crippen molar-refractivity contribution in [1.82, 2.24) is 4.98 Å². The second kappa shape index (κ2) is 6.72.